The Bertz CT molecular complexity index is 723. The minimum absolute atomic E-state index is 0.319. The fourth-order valence-corrected chi connectivity index (χ4v) is 2.68. The highest BCUT2D eigenvalue weighted by molar-refractivity contribution is 6.71. The summed E-state index contributed by atoms with van der Waals surface area (Å²) in [5, 5.41) is 0. The molecule has 1 aliphatic rings. The first-order valence-electron chi connectivity index (χ1n) is 8.18. The predicted molar refractivity (Wildman–Crippen MR) is 96.9 cm³/mol. The van der Waals surface area contributed by atoms with E-state index in [2.05, 4.69) is 0 Å². The normalized spacial score (nSPS) is 20.0. The topological polar surface area (TPSA) is 18.5 Å². The van der Waals surface area contributed by atoms with Crippen molar-refractivity contribution in [2.24, 2.45) is 0 Å². The van der Waals surface area contributed by atoms with Gasteiger partial charge in [-0.2, -0.15) is 0 Å². The summed E-state index contributed by atoms with van der Waals surface area (Å²) in [5.74, 6) is -0.319. The van der Waals surface area contributed by atoms with Crippen LogP contribution in [0.3, 0.4) is 0 Å². The van der Waals surface area contributed by atoms with Gasteiger partial charge in [0.05, 0.1) is 11.2 Å². The lowest BCUT2D eigenvalue weighted by atomic mass is 9.72. The molecule has 1 aliphatic heterocycles. The second kappa shape index (κ2) is 6.19. The van der Waals surface area contributed by atoms with Crippen LogP contribution in [0.5, 0.6) is 0 Å². The van der Waals surface area contributed by atoms with Crippen molar-refractivity contribution < 1.29 is 13.7 Å². The summed E-state index contributed by atoms with van der Waals surface area (Å²) in [6.07, 6.45) is 0. The molecule has 0 radical (unpaired) electrons. The number of hydrogen-bond donors (Lipinski definition) is 0. The van der Waals surface area contributed by atoms with Crippen molar-refractivity contribution in [2.45, 2.75) is 38.9 Å². The van der Waals surface area contributed by atoms with Gasteiger partial charge in [-0.05, 0) is 33.3 Å². The summed E-state index contributed by atoms with van der Waals surface area (Å²) in [5.41, 5.74) is 0.674. The van der Waals surface area contributed by atoms with E-state index in [1.807, 2.05) is 76.2 Å². The Morgan fingerprint density at radius 2 is 1.17 bits per heavy atom. The molecule has 0 spiro atoms. The first-order valence-corrected chi connectivity index (χ1v) is 8.18. The molecule has 0 N–H and O–H groups in total. The number of halogens is 1. The summed E-state index contributed by atoms with van der Waals surface area (Å²) < 4.78 is 27.6. The molecular weight excluding hydrogens is 302 g/mol. The van der Waals surface area contributed by atoms with Crippen LogP contribution in [0.25, 0.3) is 11.3 Å². The first-order chi connectivity index (χ1) is 11.3. The van der Waals surface area contributed by atoms with Gasteiger partial charge in [-0.15, -0.1) is 0 Å². The maximum absolute atomic E-state index is 15.4. The zero-order chi connectivity index (χ0) is 17.4. The van der Waals surface area contributed by atoms with E-state index in [0.717, 1.165) is 5.56 Å². The second-order valence-corrected chi connectivity index (χ2v) is 7.05. The van der Waals surface area contributed by atoms with Gasteiger partial charge < -0.3 is 9.31 Å². The van der Waals surface area contributed by atoms with Crippen LogP contribution in [0.1, 0.15) is 38.8 Å². The van der Waals surface area contributed by atoms with Gasteiger partial charge in [0.1, 0.15) is 5.83 Å². The molecule has 0 atom stereocenters. The molecule has 24 heavy (non-hydrogen) atoms. The van der Waals surface area contributed by atoms with Crippen molar-refractivity contribution in [2.75, 3.05) is 0 Å². The molecule has 3 rings (SSSR count). The van der Waals surface area contributed by atoms with Crippen LogP contribution in [0.2, 0.25) is 0 Å². The molecule has 0 saturated carbocycles. The lowest BCUT2D eigenvalue weighted by Crippen LogP contribution is -2.41. The molecule has 4 heteroatoms. The monoisotopic (exact) mass is 324 g/mol. The van der Waals surface area contributed by atoms with Gasteiger partial charge in [0, 0.05) is 11.0 Å². The smallest absolute Gasteiger partial charge is 0.399 e. The Hall–Kier alpha value is -1.91. The van der Waals surface area contributed by atoms with E-state index in [1.165, 1.54) is 0 Å². The zero-order valence-electron chi connectivity index (χ0n) is 14.5. The third kappa shape index (κ3) is 3.04. The Kier molecular flexibility index (Phi) is 4.37. The highest BCUT2D eigenvalue weighted by Crippen LogP contribution is 2.42. The van der Waals surface area contributed by atoms with E-state index in [9.17, 15) is 0 Å². The molecule has 1 saturated heterocycles. The van der Waals surface area contributed by atoms with Gasteiger partial charge in [0.15, 0.2) is 0 Å². The van der Waals surface area contributed by atoms with Crippen molar-refractivity contribution in [1.82, 2.24) is 0 Å². The molecule has 1 heterocycles. The van der Waals surface area contributed by atoms with E-state index in [4.69, 9.17) is 9.31 Å². The van der Waals surface area contributed by atoms with Crippen molar-refractivity contribution in [3.63, 3.8) is 0 Å². The maximum Gasteiger partial charge on any atom is 0.498 e. The summed E-state index contributed by atoms with van der Waals surface area (Å²) in [7, 11) is -0.752. The second-order valence-electron chi connectivity index (χ2n) is 7.05. The van der Waals surface area contributed by atoms with Crippen LogP contribution in [-0.2, 0) is 9.31 Å². The average molecular weight is 324 g/mol. The Labute approximate surface area is 143 Å². The molecule has 2 nitrogen and oxygen atoms in total. The molecule has 124 valence electrons. The minimum atomic E-state index is -0.752. The Balaban J connectivity index is 2.12. The van der Waals surface area contributed by atoms with Crippen LogP contribution in [0.15, 0.2) is 60.7 Å². The Morgan fingerprint density at radius 1 is 0.750 bits per heavy atom. The molecular formula is C20H22BFO2. The summed E-state index contributed by atoms with van der Waals surface area (Å²) in [6, 6.07) is 18.5. The van der Waals surface area contributed by atoms with Gasteiger partial charge in [-0.25, -0.2) is 4.39 Å². The van der Waals surface area contributed by atoms with Gasteiger partial charge >= 0.3 is 7.12 Å². The highest BCUT2D eigenvalue weighted by atomic mass is 19.1. The number of benzene rings is 2. The van der Waals surface area contributed by atoms with Crippen LogP contribution in [-0.4, -0.2) is 18.3 Å². The van der Waals surface area contributed by atoms with Crippen molar-refractivity contribution in [1.29, 1.82) is 0 Å². The van der Waals surface area contributed by atoms with E-state index < -0.39 is 18.3 Å². The third-order valence-corrected chi connectivity index (χ3v) is 4.84. The lowest BCUT2D eigenvalue weighted by Gasteiger charge is -2.32. The maximum atomic E-state index is 15.4. The molecule has 0 unspecified atom stereocenters. The van der Waals surface area contributed by atoms with Gasteiger partial charge in [0.25, 0.3) is 0 Å². The summed E-state index contributed by atoms with van der Waals surface area (Å²) >= 11 is 0. The SMILES string of the molecule is CC1(C)OB(/C(=C(\F)c2ccccc2)c2ccccc2)OC1(C)C. The lowest BCUT2D eigenvalue weighted by molar-refractivity contribution is 0.00578. The van der Waals surface area contributed by atoms with Crippen molar-refractivity contribution >= 4 is 18.4 Å². The average Bonchev–Trinajstić information content (AvgIpc) is 2.77. The van der Waals surface area contributed by atoms with E-state index >= 15 is 4.39 Å². The third-order valence-electron chi connectivity index (χ3n) is 4.84. The molecule has 1 fully saturated rings. The number of hydrogen-bond acceptors (Lipinski definition) is 2. The van der Waals surface area contributed by atoms with E-state index in [-0.39, 0.29) is 5.83 Å². The fourth-order valence-electron chi connectivity index (χ4n) is 2.68. The van der Waals surface area contributed by atoms with Crippen LogP contribution in [0.4, 0.5) is 4.39 Å². The molecule has 0 aliphatic carbocycles. The Morgan fingerprint density at radius 3 is 1.62 bits per heavy atom. The molecule has 2 aromatic carbocycles. The van der Waals surface area contributed by atoms with Crippen LogP contribution in [0, 0.1) is 0 Å². The summed E-state index contributed by atoms with van der Waals surface area (Å²) in [4.78, 5) is 0. The molecule has 0 aromatic heterocycles. The van der Waals surface area contributed by atoms with Gasteiger partial charge in [0.2, 0.25) is 0 Å². The van der Waals surface area contributed by atoms with Crippen molar-refractivity contribution in [3.8, 4) is 0 Å². The molecule has 0 bridgehead atoms. The van der Waals surface area contributed by atoms with Crippen LogP contribution >= 0.6 is 0 Å². The predicted octanol–water partition coefficient (Wildman–Crippen LogP) is 5.16. The standard InChI is InChI=1S/C20H22BFO2/c1-19(2)20(3,4)24-21(23-19)17(15-11-7-5-8-12-15)18(22)16-13-9-6-10-14-16/h5-14H,1-4H3/b18-17-. The first kappa shape index (κ1) is 16.9. The van der Waals surface area contributed by atoms with E-state index in [0.29, 0.717) is 11.0 Å². The van der Waals surface area contributed by atoms with E-state index in [1.54, 1.807) is 12.1 Å². The molecule has 2 aromatic rings. The van der Waals surface area contributed by atoms with Crippen LogP contribution < -0.4 is 0 Å². The fraction of sp³-hybridized carbons (Fsp3) is 0.300. The van der Waals surface area contributed by atoms with Gasteiger partial charge in [-0.3, -0.25) is 0 Å². The minimum Gasteiger partial charge on any atom is -0.399 e. The molecule has 0 amide bonds. The quantitative estimate of drug-likeness (QED) is 0.574. The largest absolute Gasteiger partial charge is 0.498 e. The van der Waals surface area contributed by atoms with Crippen molar-refractivity contribution in [3.05, 3.63) is 71.8 Å². The van der Waals surface area contributed by atoms with Gasteiger partial charge in [-0.1, -0.05) is 60.7 Å². The summed E-state index contributed by atoms with van der Waals surface area (Å²) in [6.45, 7) is 7.87. The zero-order valence-corrected chi connectivity index (χ0v) is 14.5. The number of rotatable bonds is 3. The highest BCUT2D eigenvalue weighted by Gasteiger charge is 2.53.